The SMILES string of the molecule is CN1CC[C@]2(CC[C@H](c3cccc(OS(=O)(=O)C(F)(F)F)c3)N2C(=O)OC(C)(C)C)C1=O. The van der Waals surface area contributed by atoms with Crippen LogP contribution in [0.3, 0.4) is 0 Å². The van der Waals surface area contributed by atoms with E-state index in [-0.39, 0.29) is 5.91 Å². The highest BCUT2D eigenvalue weighted by atomic mass is 32.2. The van der Waals surface area contributed by atoms with Gasteiger partial charge in [0.15, 0.2) is 0 Å². The number of hydrogen-bond acceptors (Lipinski definition) is 6. The van der Waals surface area contributed by atoms with Gasteiger partial charge in [0.25, 0.3) is 0 Å². The van der Waals surface area contributed by atoms with Gasteiger partial charge in [-0.3, -0.25) is 9.69 Å². The smallest absolute Gasteiger partial charge is 0.444 e. The molecule has 2 heterocycles. The van der Waals surface area contributed by atoms with Crippen LogP contribution in [0.1, 0.15) is 51.6 Å². The van der Waals surface area contributed by atoms with Crippen molar-refractivity contribution in [3.05, 3.63) is 29.8 Å². The molecule has 0 aromatic heterocycles. The van der Waals surface area contributed by atoms with E-state index in [1.165, 1.54) is 21.9 Å². The molecule has 0 saturated carbocycles. The molecule has 2 fully saturated rings. The van der Waals surface area contributed by atoms with Gasteiger partial charge in [-0.2, -0.15) is 21.6 Å². The molecule has 0 radical (unpaired) electrons. The normalized spacial score (nSPS) is 24.3. The number of benzene rings is 1. The van der Waals surface area contributed by atoms with Gasteiger partial charge < -0.3 is 13.8 Å². The second-order valence-electron chi connectivity index (χ2n) is 8.97. The summed E-state index contributed by atoms with van der Waals surface area (Å²) in [6, 6.07) is 4.36. The predicted molar refractivity (Wildman–Crippen MR) is 107 cm³/mol. The molecule has 0 bridgehead atoms. The number of carbonyl (C=O) groups is 2. The number of likely N-dealkylation sites (tertiary alicyclic amines) is 2. The quantitative estimate of drug-likeness (QED) is 0.487. The number of amides is 2. The van der Waals surface area contributed by atoms with Crippen molar-refractivity contribution in [2.75, 3.05) is 13.6 Å². The highest BCUT2D eigenvalue weighted by Gasteiger charge is 2.59. The van der Waals surface area contributed by atoms with Crippen molar-refractivity contribution in [3.8, 4) is 5.75 Å². The molecule has 8 nitrogen and oxygen atoms in total. The standard InChI is InChI=1S/C20H25F3N2O6S/c1-18(2,3)30-17(27)25-15(8-9-19(25)10-11-24(4)16(19)26)13-6-5-7-14(12-13)31-32(28,29)20(21,22)23/h5-7,12,15H,8-11H2,1-4H3/t15-,19-/m1/s1. The molecular formula is C20H25F3N2O6S. The predicted octanol–water partition coefficient (Wildman–Crippen LogP) is 3.59. The summed E-state index contributed by atoms with van der Waals surface area (Å²) < 4.78 is 70.6. The molecule has 2 aliphatic rings. The van der Waals surface area contributed by atoms with Crippen LogP contribution >= 0.6 is 0 Å². The van der Waals surface area contributed by atoms with Crippen molar-refractivity contribution in [1.29, 1.82) is 0 Å². The third kappa shape index (κ3) is 4.37. The Hall–Kier alpha value is -2.50. The minimum Gasteiger partial charge on any atom is -0.444 e. The van der Waals surface area contributed by atoms with Crippen LogP contribution in [-0.4, -0.2) is 60.5 Å². The van der Waals surface area contributed by atoms with Crippen LogP contribution in [0, 0.1) is 0 Å². The first-order valence-electron chi connectivity index (χ1n) is 9.96. The Morgan fingerprint density at radius 3 is 2.38 bits per heavy atom. The summed E-state index contributed by atoms with van der Waals surface area (Å²) in [4.78, 5) is 29.0. The van der Waals surface area contributed by atoms with E-state index in [2.05, 4.69) is 4.18 Å². The van der Waals surface area contributed by atoms with Crippen molar-refractivity contribution in [2.45, 2.75) is 62.7 Å². The Morgan fingerprint density at radius 1 is 1.19 bits per heavy atom. The summed E-state index contributed by atoms with van der Waals surface area (Å²) in [7, 11) is -4.22. The molecule has 1 spiro atoms. The number of nitrogens with zero attached hydrogens (tertiary/aromatic N) is 2. The number of rotatable bonds is 3. The van der Waals surface area contributed by atoms with E-state index < -0.39 is 44.7 Å². The van der Waals surface area contributed by atoms with Crippen LogP contribution in [0.2, 0.25) is 0 Å². The van der Waals surface area contributed by atoms with Gasteiger partial charge in [-0.1, -0.05) is 12.1 Å². The summed E-state index contributed by atoms with van der Waals surface area (Å²) in [5.74, 6) is -0.780. The molecule has 2 saturated heterocycles. The topological polar surface area (TPSA) is 93.2 Å². The number of carbonyl (C=O) groups excluding carboxylic acids is 2. The van der Waals surface area contributed by atoms with Crippen LogP contribution < -0.4 is 4.18 Å². The Balaban J connectivity index is 1.99. The number of likely N-dealkylation sites (N-methyl/N-ethyl adjacent to an activating group) is 1. The monoisotopic (exact) mass is 478 g/mol. The summed E-state index contributed by atoms with van der Waals surface area (Å²) >= 11 is 0. The van der Waals surface area contributed by atoms with Gasteiger partial charge in [-0.25, -0.2) is 4.79 Å². The molecule has 12 heteroatoms. The minimum atomic E-state index is -5.85. The van der Waals surface area contributed by atoms with Crippen LogP contribution in [0.15, 0.2) is 24.3 Å². The van der Waals surface area contributed by atoms with E-state index in [4.69, 9.17) is 4.74 Å². The van der Waals surface area contributed by atoms with Gasteiger partial charge in [-0.05, 0) is 57.7 Å². The lowest BCUT2D eigenvalue weighted by Gasteiger charge is -2.38. The van der Waals surface area contributed by atoms with E-state index in [1.54, 1.807) is 27.8 Å². The maximum Gasteiger partial charge on any atom is 0.534 e. The van der Waals surface area contributed by atoms with Gasteiger partial charge in [0, 0.05) is 13.6 Å². The first-order chi connectivity index (χ1) is 14.6. The fourth-order valence-electron chi connectivity index (χ4n) is 4.17. The Bertz CT molecular complexity index is 1020. The van der Waals surface area contributed by atoms with Crippen LogP contribution in [-0.2, 0) is 19.6 Å². The Labute approximate surface area is 184 Å². The van der Waals surface area contributed by atoms with Crippen molar-refractivity contribution in [1.82, 2.24) is 9.80 Å². The molecule has 0 aliphatic carbocycles. The summed E-state index contributed by atoms with van der Waals surface area (Å²) in [5, 5.41) is 0. The van der Waals surface area contributed by atoms with Gasteiger partial charge in [0.2, 0.25) is 5.91 Å². The Kier molecular flexibility index (Phi) is 5.90. The Morgan fingerprint density at radius 2 is 1.84 bits per heavy atom. The minimum absolute atomic E-state index is 0.238. The molecule has 2 aliphatic heterocycles. The summed E-state index contributed by atoms with van der Waals surface area (Å²) in [5.41, 5.74) is -7.21. The van der Waals surface area contributed by atoms with Gasteiger partial charge in [0.05, 0.1) is 6.04 Å². The average molecular weight is 478 g/mol. The third-order valence-corrected chi connectivity index (χ3v) is 6.51. The summed E-state index contributed by atoms with van der Waals surface area (Å²) in [6.07, 6.45) is 0.342. The van der Waals surface area contributed by atoms with E-state index in [0.717, 1.165) is 12.1 Å². The van der Waals surface area contributed by atoms with Gasteiger partial charge in [-0.15, -0.1) is 0 Å². The molecule has 0 unspecified atom stereocenters. The molecular weight excluding hydrogens is 453 g/mol. The number of ether oxygens (including phenoxy) is 1. The molecule has 2 atom stereocenters. The molecule has 0 N–H and O–H groups in total. The fraction of sp³-hybridized carbons (Fsp3) is 0.600. The van der Waals surface area contributed by atoms with E-state index in [0.29, 0.717) is 31.4 Å². The zero-order valence-corrected chi connectivity index (χ0v) is 18.9. The molecule has 3 rings (SSSR count). The number of alkyl halides is 3. The first-order valence-corrected chi connectivity index (χ1v) is 11.4. The molecule has 178 valence electrons. The lowest BCUT2D eigenvalue weighted by atomic mass is 9.94. The zero-order chi connectivity index (χ0) is 24.1. The lowest BCUT2D eigenvalue weighted by molar-refractivity contribution is -0.136. The molecule has 1 aromatic rings. The van der Waals surface area contributed by atoms with Crippen molar-refractivity contribution in [3.63, 3.8) is 0 Å². The first kappa shape index (κ1) is 24.1. The highest BCUT2D eigenvalue weighted by Crippen LogP contribution is 2.48. The molecule has 1 aromatic carbocycles. The molecule has 2 amide bonds. The maximum atomic E-state index is 13.2. The van der Waals surface area contributed by atoms with Crippen molar-refractivity contribution in [2.24, 2.45) is 0 Å². The zero-order valence-electron chi connectivity index (χ0n) is 18.1. The lowest BCUT2D eigenvalue weighted by Crippen LogP contribution is -2.54. The second kappa shape index (κ2) is 7.82. The van der Waals surface area contributed by atoms with E-state index in [1.807, 2.05) is 0 Å². The highest BCUT2D eigenvalue weighted by molar-refractivity contribution is 7.88. The number of halogens is 3. The average Bonchev–Trinajstić information content (AvgIpc) is 3.16. The maximum absolute atomic E-state index is 13.2. The van der Waals surface area contributed by atoms with Crippen LogP contribution in [0.4, 0.5) is 18.0 Å². The largest absolute Gasteiger partial charge is 0.534 e. The van der Waals surface area contributed by atoms with Crippen LogP contribution in [0.25, 0.3) is 0 Å². The fourth-order valence-corrected chi connectivity index (χ4v) is 4.62. The van der Waals surface area contributed by atoms with E-state index >= 15 is 0 Å². The second-order valence-corrected chi connectivity index (χ2v) is 10.5. The van der Waals surface area contributed by atoms with Gasteiger partial charge >= 0.3 is 21.7 Å². The number of hydrogen-bond donors (Lipinski definition) is 0. The third-order valence-electron chi connectivity index (χ3n) is 5.53. The summed E-state index contributed by atoms with van der Waals surface area (Å²) in [6.45, 7) is 5.49. The van der Waals surface area contributed by atoms with E-state index in [9.17, 15) is 31.2 Å². The molecule has 32 heavy (non-hydrogen) atoms. The van der Waals surface area contributed by atoms with Crippen molar-refractivity contribution < 1.29 is 40.1 Å². The van der Waals surface area contributed by atoms with Crippen LogP contribution in [0.5, 0.6) is 5.75 Å². The van der Waals surface area contributed by atoms with Crippen molar-refractivity contribution >= 4 is 22.1 Å². The van der Waals surface area contributed by atoms with Gasteiger partial charge in [0.1, 0.15) is 16.9 Å².